The lowest BCUT2D eigenvalue weighted by Crippen LogP contribution is -2.02. The molecular weight excluding hydrogens is 409 g/mol. The third-order valence-electron chi connectivity index (χ3n) is 3.17. The molecule has 0 saturated carbocycles. The molecule has 0 spiro atoms. The molecule has 21 heavy (non-hydrogen) atoms. The normalized spacial score (nSPS) is 11.2. The van der Waals surface area contributed by atoms with Crippen molar-refractivity contribution in [2.45, 2.75) is 6.42 Å². The Kier molecular flexibility index (Phi) is 4.12. The fourth-order valence-electron chi connectivity index (χ4n) is 2.25. The van der Waals surface area contributed by atoms with E-state index < -0.39 is 0 Å². The summed E-state index contributed by atoms with van der Waals surface area (Å²) in [5.41, 5.74) is 2.09. The maximum absolute atomic E-state index is 13.9. The van der Waals surface area contributed by atoms with Crippen LogP contribution >= 0.6 is 34.2 Å². The first kappa shape index (κ1) is 14.7. The van der Waals surface area contributed by atoms with Crippen LogP contribution in [0.15, 0.2) is 36.4 Å². The number of nitrogens with zero attached hydrogens (tertiary/aromatic N) is 2. The molecule has 0 atom stereocenters. The van der Waals surface area contributed by atoms with Crippen LogP contribution in [0.2, 0.25) is 0 Å². The van der Waals surface area contributed by atoms with E-state index in [0.717, 1.165) is 11.5 Å². The summed E-state index contributed by atoms with van der Waals surface area (Å²) in [6, 6.07) is 9.17. The van der Waals surface area contributed by atoms with E-state index in [2.05, 4.69) is 4.98 Å². The summed E-state index contributed by atoms with van der Waals surface area (Å²) in [6.45, 7) is 0. The second kappa shape index (κ2) is 5.88. The molecule has 0 aliphatic rings. The van der Waals surface area contributed by atoms with E-state index in [1.54, 1.807) is 18.2 Å². The zero-order valence-corrected chi connectivity index (χ0v) is 13.7. The fraction of sp³-hybridized carbons (Fsp3) is 0.133. The van der Waals surface area contributed by atoms with Crippen LogP contribution < -0.4 is 0 Å². The Morgan fingerprint density at radius 2 is 1.86 bits per heavy atom. The number of alkyl halides is 1. The molecule has 2 aromatic carbocycles. The smallest absolute Gasteiger partial charge is 0.138 e. The van der Waals surface area contributed by atoms with Gasteiger partial charge in [0.1, 0.15) is 17.5 Å². The van der Waals surface area contributed by atoms with E-state index in [4.69, 9.17) is 11.6 Å². The molecule has 0 aliphatic heterocycles. The van der Waals surface area contributed by atoms with Crippen LogP contribution in [0.5, 0.6) is 0 Å². The highest BCUT2D eigenvalue weighted by Crippen LogP contribution is 2.25. The second-order valence-corrected chi connectivity index (χ2v) is 6.07. The predicted molar refractivity (Wildman–Crippen MR) is 88.1 cm³/mol. The molecule has 0 bridgehead atoms. The molecule has 0 saturated heterocycles. The Bertz CT molecular complexity index is 800. The number of fused-ring (bicyclic) bond motifs is 1. The van der Waals surface area contributed by atoms with E-state index in [9.17, 15) is 8.78 Å². The van der Waals surface area contributed by atoms with Crippen molar-refractivity contribution in [3.8, 4) is 5.69 Å². The van der Waals surface area contributed by atoms with Crippen LogP contribution in [-0.2, 0) is 6.42 Å². The molecule has 0 aliphatic carbocycles. The highest BCUT2D eigenvalue weighted by atomic mass is 127. The third-order valence-corrected chi connectivity index (χ3v) is 4.18. The molecular formula is C15H10ClF2IN2. The molecule has 0 fully saturated rings. The SMILES string of the molecule is Fc1ccc(-n2c(CCCl)nc3cc(I)c(F)cc32)cc1. The van der Waals surface area contributed by atoms with Crippen LogP contribution in [0.3, 0.4) is 0 Å². The van der Waals surface area contributed by atoms with E-state index in [0.29, 0.717) is 26.9 Å². The molecule has 3 aromatic rings. The highest BCUT2D eigenvalue weighted by molar-refractivity contribution is 14.1. The summed E-state index contributed by atoms with van der Waals surface area (Å²) in [5.74, 6) is 0.518. The molecule has 108 valence electrons. The number of imidazole rings is 1. The van der Waals surface area contributed by atoms with Gasteiger partial charge in [0.05, 0.1) is 14.6 Å². The number of aromatic nitrogens is 2. The summed E-state index contributed by atoms with van der Waals surface area (Å²) in [5, 5.41) is 0. The average Bonchev–Trinajstić information content (AvgIpc) is 2.78. The second-order valence-electron chi connectivity index (χ2n) is 4.53. The minimum absolute atomic E-state index is 0.302. The van der Waals surface area contributed by atoms with Gasteiger partial charge >= 0.3 is 0 Å². The molecule has 2 nitrogen and oxygen atoms in total. The summed E-state index contributed by atoms with van der Waals surface area (Å²) >= 11 is 7.76. The Labute approximate surface area is 138 Å². The van der Waals surface area contributed by atoms with Crippen molar-refractivity contribution in [2.24, 2.45) is 0 Å². The lowest BCUT2D eigenvalue weighted by molar-refractivity contribution is 0.621. The standard InChI is InChI=1S/C15H10ClF2IN2/c16-6-5-15-20-13-8-12(19)11(18)7-14(13)21(15)10-3-1-9(17)2-4-10/h1-4,7-8H,5-6H2. The molecule has 0 amide bonds. The van der Waals surface area contributed by atoms with E-state index in [-0.39, 0.29) is 11.6 Å². The zero-order chi connectivity index (χ0) is 15.0. The maximum Gasteiger partial charge on any atom is 0.138 e. The van der Waals surface area contributed by atoms with Gasteiger partial charge < -0.3 is 0 Å². The van der Waals surface area contributed by atoms with E-state index >= 15 is 0 Å². The molecule has 0 N–H and O–H groups in total. The first-order valence-electron chi connectivity index (χ1n) is 6.28. The van der Waals surface area contributed by atoms with Crippen molar-refractivity contribution >= 4 is 45.2 Å². The van der Waals surface area contributed by atoms with Crippen molar-refractivity contribution in [3.63, 3.8) is 0 Å². The van der Waals surface area contributed by atoms with Crippen LogP contribution in [0, 0.1) is 15.2 Å². The van der Waals surface area contributed by atoms with Crippen LogP contribution in [0.4, 0.5) is 8.78 Å². The first-order valence-corrected chi connectivity index (χ1v) is 7.90. The first-order chi connectivity index (χ1) is 10.1. The topological polar surface area (TPSA) is 17.8 Å². The monoisotopic (exact) mass is 418 g/mol. The molecule has 0 radical (unpaired) electrons. The minimum Gasteiger partial charge on any atom is -0.296 e. The summed E-state index contributed by atoms with van der Waals surface area (Å²) in [7, 11) is 0. The van der Waals surface area contributed by atoms with E-state index in [1.807, 2.05) is 27.2 Å². The highest BCUT2D eigenvalue weighted by Gasteiger charge is 2.14. The van der Waals surface area contributed by atoms with Crippen LogP contribution in [0.25, 0.3) is 16.7 Å². The molecule has 6 heteroatoms. The Hall–Kier alpha value is -1.21. The Morgan fingerprint density at radius 1 is 1.14 bits per heavy atom. The molecule has 0 unspecified atom stereocenters. The van der Waals surface area contributed by atoms with Crippen molar-refractivity contribution in [3.05, 3.63) is 57.4 Å². The number of hydrogen-bond acceptors (Lipinski definition) is 1. The van der Waals surface area contributed by atoms with Crippen molar-refractivity contribution < 1.29 is 8.78 Å². The van der Waals surface area contributed by atoms with Gasteiger partial charge in [-0.25, -0.2) is 13.8 Å². The third kappa shape index (κ3) is 2.76. The number of benzene rings is 2. The van der Waals surface area contributed by atoms with Gasteiger partial charge in [-0.2, -0.15) is 0 Å². The average molecular weight is 419 g/mol. The number of hydrogen-bond donors (Lipinski definition) is 0. The van der Waals surface area contributed by atoms with Gasteiger partial charge in [0.15, 0.2) is 0 Å². The number of rotatable bonds is 3. The summed E-state index contributed by atoms with van der Waals surface area (Å²) < 4.78 is 29.3. The zero-order valence-electron chi connectivity index (χ0n) is 10.8. The lowest BCUT2D eigenvalue weighted by atomic mass is 10.2. The quantitative estimate of drug-likeness (QED) is 0.446. The van der Waals surface area contributed by atoms with Crippen molar-refractivity contribution in [1.82, 2.24) is 9.55 Å². The van der Waals surface area contributed by atoms with Gasteiger partial charge in [-0.3, -0.25) is 4.57 Å². The fourth-order valence-corrected chi connectivity index (χ4v) is 2.87. The van der Waals surface area contributed by atoms with Gasteiger partial charge in [0.25, 0.3) is 0 Å². The summed E-state index contributed by atoms with van der Waals surface area (Å²) in [6.07, 6.45) is 0.547. The van der Waals surface area contributed by atoms with Crippen LogP contribution in [-0.4, -0.2) is 15.4 Å². The van der Waals surface area contributed by atoms with Gasteiger partial charge in [-0.05, 0) is 52.9 Å². The largest absolute Gasteiger partial charge is 0.296 e. The van der Waals surface area contributed by atoms with Gasteiger partial charge in [-0.15, -0.1) is 11.6 Å². The molecule has 3 rings (SSSR count). The van der Waals surface area contributed by atoms with Gasteiger partial charge in [0, 0.05) is 24.1 Å². The Morgan fingerprint density at radius 3 is 2.52 bits per heavy atom. The predicted octanol–water partition coefficient (Wildman–Crippen LogP) is 4.69. The Balaban J connectivity index is 2.29. The van der Waals surface area contributed by atoms with Gasteiger partial charge in [0.2, 0.25) is 0 Å². The van der Waals surface area contributed by atoms with Crippen LogP contribution in [0.1, 0.15) is 5.82 Å². The number of aryl methyl sites for hydroxylation is 1. The maximum atomic E-state index is 13.9. The van der Waals surface area contributed by atoms with Crippen molar-refractivity contribution in [2.75, 3.05) is 5.88 Å². The molecule has 1 heterocycles. The van der Waals surface area contributed by atoms with Crippen molar-refractivity contribution in [1.29, 1.82) is 0 Å². The minimum atomic E-state index is -0.317. The van der Waals surface area contributed by atoms with E-state index in [1.165, 1.54) is 18.2 Å². The van der Waals surface area contributed by atoms with Gasteiger partial charge in [-0.1, -0.05) is 0 Å². The summed E-state index contributed by atoms with van der Waals surface area (Å²) in [4.78, 5) is 4.52. The number of halogens is 4. The molecule has 1 aromatic heterocycles. The lowest BCUT2D eigenvalue weighted by Gasteiger charge is -2.08.